The maximum atomic E-state index is 13.2. The lowest BCUT2D eigenvalue weighted by Gasteiger charge is -2.17. The number of benzene rings is 3. The van der Waals surface area contributed by atoms with Gasteiger partial charge in [-0.15, -0.1) is 0 Å². The second-order valence-corrected chi connectivity index (χ2v) is 9.12. The number of hydrogen-bond acceptors (Lipinski definition) is 5. The van der Waals surface area contributed by atoms with Crippen LogP contribution in [0.3, 0.4) is 0 Å². The molecule has 6 nitrogen and oxygen atoms in total. The molecule has 1 aliphatic rings. The second-order valence-electron chi connectivity index (χ2n) is 9.12. The molecular formula is C29H26N2O4. The number of aromatic hydroxyl groups is 1. The number of phenolic OH excluding ortho intramolecular Hbond substituents is 1. The van der Waals surface area contributed by atoms with Crippen molar-refractivity contribution in [3.05, 3.63) is 95.7 Å². The number of rotatable bonds is 6. The first-order chi connectivity index (χ1) is 16.8. The summed E-state index contributed by atoms with van der Waals surface area (Å²) >= 11 is 0. The van der Waals surface area contributed by atoms with Gasteiger partial charge in [-0.25, -0.2) is 4.68 Å². The largest absolute Gasteiger partial charge is 0.508 e. The standard InChI is InChI=1S/C29H26N2O4/c1-29(2)17-24-26(33)16-14-23(28(24)35-29)25(32)15-11-20-18-31(21-7-5-4-6-8-21)30-27(20)19-9-12-22(34-3)13-10-19/h4-16,18,33H,17H2,1-3H3/b15-11+. The van der Waals surface area contributed by atoms with E-state index in [4.69, 9.17) is 14.6 Å². The van der Waals surface area contributed by atoms with Crippen molar-refractivity contribution in [3.8, 4) is 34.2 Å². The molecule has 0 atom stereocenters. The van der Waals surface area contributed by atoms with Gasteiger partial charge in [-0.1, -0.05) is 18.2 Å². The molecule has 0 spiro atoms. The van der Waals surface area contributed by atoms with E-state index >= 15 is 0 Å². The molecule has 0 unspecified atom stereocenters. The fraction of sp³-hybridized carbons (Fsp3) is 0.172. The zero-order valence-electron chi connectivity index (χ0n) is 19.9. The zero-order chi connectivity index (χ0) is 24.6. The molecule has 35 heavy (non-hydrogen) atoms. The zero-order valence-corrected chi connectivity index (χ0v) is 19.9. The van der Waals surface area contributed by atoms with Gasteiger partial charge in [-0.3, -0.25) is 4.79 Å². The minimum atomic E-state index is -0.474. The van der Waals surface area contributed by atoms with Gasteiger partial charge < -0.3 is 14.6 Å². The number of para-hydroxylation sites is 1. The molecule has 1 aromatic heterocycles. The normalized spacial score (nSPS) is 14.0. The molecule has 4 aromatic rings. The summed E-state index contributed by atoms with van der Waals surface area (Å²) in [6, 6.07) is 20.6. The van der Waals surface area contributed by atoms with Crippen molar-refractivity contribution >= 4 is 11.9 Å². The third kappa shape index (κ3) is 4.43. The average molecular weight is 467 g/mol. The van der Waals surface area contributed by atoms with E-state index in [0.29, 0.717) is 23.3 Å². The Balaban J connectivity index is 1.52. The van der Waals surface area contributed by atoms with E-state index in [2.05, 4.69) is 0 Å². The Hall–Kier alpha value is -4.32. The molecule has 6 heteroatoms. The van der Waals surface area contributed by atoms with Gasteiger partial charge in [0.25, 0.3) is 0 Å². The first-order valence-corrected chi connectivity index (χ1v) is 11.4. The van der Waals surface area contributed by atoms with Crippen LogP contribution in [0.15, 0.2) is 79.0 Å². The van der Waals surface area contributed by atoms with Crippen molar-refractivity contribution in [1.29, 1.82) is 0 Å². The number of nitrogens with zero attached hydrogens (tertiary/aromatic N) is 2. The van der Waals surface area contributed by atoms with Gasteiger partial charge in [0.1, 0.15) is 22.8 Å². The fourth-order valence-electron chi connectivity index (χ4n) is 4.29. The highest BCUT2D eigenvalue weighted by atomic mass is 16.5. The molecule has 0 bridgehead atoms. The Kier molecular flexibility index (Phi) is 5.65. The lowest BCUT2D eigenvalue weighted by molar-refractivity contribution is 0.103. The van der Waals surface area contributed by atoms with Crippen molar-refractivity contribution in [1.82, 2.24) is 9.78 Å². The summed E-state index contributed by atoms with van der Waals surface area (Å²) < 4.78 is 13.1. The summed E-state index contributed by atoms with van der Waals surface area (Å²) in [5, 5.41) is 15.1. The quantitative estimate of drug-likeness (QED) is 0.284. The van der Waals surface area contributed by atoms with Gasteiger partial charge in [0.05, 0.1) is 24.1 Å². The minimum Gasteiger partial charge on any atom is -0.508 e. The summed E-state index contributed by atoms with van der Waals surface area (Å²) in [7, 11) is 1.63. The Morgan fingerprint density at radius 2 is 1.83 bits per heavy atom. The Morgan fingerprint density at radius 3 is 2.54 bits per heavy atom. The summed E-state index contributed by atoms with van der Waals surface area (Å²) in [4.78, 5) is 13.2. The molecule has 0 amide bonds. The first kappa shape index (κ1) is 22.5. The number of ether oxygens (including phenoxy) is 2. The predicted octanol–water partition coefficient (Wildman–Crippen LogP) is 5.86. The SMILES string of the molecule is COc1ccc(-c2nn(-c3ccccc3)cc2/C=C/C(=O)c2ccc(O)c3c2OC(C)(C)C3)cc1. The number of aromatic nitrogens is 2. The fourth-order valence-corrected chi connectivity index (χ4v) is 4.29. The molecule has 3 aromatic carbocycles. The molecule has 2 heterocycles. The third-order valence-electron chi connectivity index (χ3n) is 6.02. The number of methoxy groups -OCH3 is 1. The summed E-state index contributed by atoms with van der Waals surface area (Å²) in [6.07, 6.45) is 5.75. The summed E-state index contributed by atoms with van der Waals surface area (Å²) in [5.74, 6) is 1.16. The summed E-state index contributed by atoms with van der Waals surface area (Å²) in [5.41, 5.74) is 3.99. The molecule has 0 saturated heterocycles. The topological polar surface area (TPSA) is 73.6 Å². The Labute approximate surface area is 204 Å². The Bertz CT molecular complexity index is 1420. The number of phenols is 1. The van der Waals surface area contributed by atoms with Crippen LogP contribution in [0.5, 0.6) is 17.2 Å². The number of ketones is 1. The highest BCUT2D eigenvalue weighted by Crippen LogP contribution is 2.42. The van der Waals surface area contributed by atoms with E-state index < -0.39 is 5.60 Å². The van der Waals surface area contributed by atoms with E-state index in [1.807, 2.05) is 74.6 Å². The van der Waals surface area contributed by atoms with Crippen LogP contribution in [0.25, 0.3) is 23.0 Å². The predicted molar refractivity (Wildman–Crippen MR) is 135 cm³/mol. The third-order valence-corrected chi connectivity index (χ3v) is 6.02. The van der Waals surface area contributed by atoms with E-state index in [9.17, 15) is 9.90 Å². The van der Waals surface area contributed by atoms with Gasteiger partial charge in [-0.2, -0.15) is 5.10 Å². The van der Waals surface area contributed by atoms with Crippen molar-refractivity contribution < 1.29 is 19.4 Å². The lowest BCUT2D eigenvalue weighted by atomic mass is 9.98. The van der Waals surface area contributed by atoms with Crippen LogP contribution >= 0.6 is 0 Å². The van der Waals surface area contributed by atoms with Crippen LogP contribution in [0.1, 0.15) is 35.3 Å². The molecular weight excluding hydrogens is 440 g/mol. The van der Waals surface area contributed by atoms with E-state index in [0.717, 1.165) is 28.3 Å². The van der Waals surface area contributed by atoms with Crippen molar-refractivity contribution in [2.45, 2.75) is 25.9 Å². The minimum absolute atomic E-state index is 0.150. The number of carbonyl (C=O) groups excluding carboxylic acids is 1. The van der Waals surface area contributed by atoms with Crippen molar-refractivity contribution in [2.75, 3.05) is 7.11 Å². The van der Waals surface area contributed by atoms with Gasteiger partial charge in [0.15, 0.2) is 5.78 Å². The molecule has 0 fully saturated rings. The Morgan fingerprint density at radius 1 is 1.09 bits per heavy atom. The molecule has 0 aliphatic carbocycles. The van der Waals surface area contributed by atoms with Gasteiger partial charge >= 0.3 is 0 Å². The number of hydrogen-bond donors (Lipinski definition) is 1. The monoisotopic (exact) mass is 466 g/mol. The maximum Gasteiger partial charge on any atom is 0.189 e. The molecule has 0 saturated carbocycles. The van der Waals surface area contributed by atoms with Crippen LogP contribution in [0.2, 0.25) is 0 Å². The number of carbonyl (C=O) groups is 1. The van der Waals surface area contributed by atoms with E-state index in [-0.39, 0.29) is 11.5 Å². The number of fused-ring (bicyclic) bond motifs is 1. The highest BCUT2D eigenvalue weighted by Gasteiger charge is 2.35. The molecule has 1 N–H and O–H groups in total. The first-order valence-electron chi connectivity index (χ1n) is 11.4. The average Bonchev–Trinajstić information content (AvgIpc) is 3.44. The van der Waals surface area contributed by atoms with Crippen LogP contribution in [0.4, 0.5) is 0 Å². The second kappa shape index (κ2) is 8.80. The molecule has 5 rings (SSSR count). The van der Waals surface area contributed by atoms with Crippen molar-refractivity contribution in [3.63, 3.8) is 0 Å². The summed E-state index contributed by atoms with van der Waals surface area (Å²) in [6.45, 7) is 3.88. The highest BCUT2D eigenvalue weighted by molar-refractivity contribution is 6.09. The molecule has 0 radical (unpaired) electrons. The van der Waals surface area contributed by atoms with Crippen LogP contribution < -0.4 is 9.47 Å². The smallest absolute Gasteiger partial charge is 0.189 e. The van der Waals surface area contributed by atoms with Gasteiger partial charge in [-0.05, 0) is 74.5 Å². The van der Waals surface area contributed by atoms with Crippen LogP contribution in [-0.4, -0.2) is 33.4 Å². The number of allylic oxidation sites excluding steroid dienone is 1. The molecule has 1 aliphatic heterocycles. The van der Waals surface area contributed by atoms with E-state index in [1.54, 1.807) is 30.0 Å². The van der Waals surface area contributed by atoms with E-state index in [1.165, 1.54) is 6.08 Å². The van der Waals surface area contributed by atoms with Gasteiger partial charge in [0, 0.05) is 29.3 Å². The van der Waals surface area contributed by atoms with Crippen LogP contribution in [-0.2, 0) is 6.42 Å². The molecule has 176 valence electrons. The maximum absolute atomic E-state index is 13.2. The van der Waals surface area contributed by atoms with Crippen LogP contribution in [0, 0.1) is 0 Å². The van der Waals surface area contributed by atoms with Crippen molar-refractivity contribution in [2.24, 2.45) is 0 Å². The lowest BCUT2D eigenvalue weighted by Crippen LogP contribution is -2.25. The van der Waals surface area contributed by atoms with Gasteiger partial charge in [0.2, 0.25) is 0 Å².